The molecular formula is C18H16N4O3S2. The van der Waals surface area contributed by atoms with Crippen molar-refractivity contribution in [3.8, 4) is 28.6 Å². The fraction of sp³-hybridized carbons (Fsp3) is 0.167. The normalized spacial score (nSPS) is 11.4. The molecule has 0 aliphatic heterocycles. The summed E-state index contributed by atoms with van der Waals surface area (Å²) in [5, 5.41) is 28.8. The first-order valence-corrected chi connectivity index (χ1v) is 9.46. The van der Waals surface area contributed by atoms with E-state index >= 15 is 0 Å². The molecule has 0 bridgehead atoms. The number of thiol groups is 1. The summed E-state index contributed by atoms with van der Waals surface area (Å²) in [6.07, 6.45) is 0.602. The zero-order valence-corrected chi connectivity index (χ0v) is 16.3. The molecule has 0 radical (unpaired) electrons. The molecule has 9 heteroatoms. The van der Waals surface area contributed by atoms with E-state index in [2.05, 4.69) is 22.8 Å². The maximum absolute atomic E-state index is 11.9. The molecule has 0 saturated heterocycles. The van der Waals surface area contributed by atoms with Crippen molar-refractivity contribution in [3.63, 3.8) is 0 Å². The quantitative estimate of drug-likeness (QED) is 0.460. The first kappa shape index (κ1) is 17.6. The number of hydrogen-bond donors (Lipinski definition) is 3. The molecule has 0 atom stereocenters. The molecule has 0 fully saturated rings. The van der Waals surface area contributed by atoms with Crippen LogP contribution in [0.1, 0.15) is 12.5 Å². The Hall–Kier alpha value is -2.78. The van der Waals surface area contributed by atoms with Crippen LogP contribution in [0, 0.1) is 0 Å². The monoisotopic (exact) mass is 400 g/mol. The Morgan fingerprint density at radius 3 is 2.67 bits per heavy atom. The van der Waals surface area contributed by atoms with Gasteiger partial charge in [-0.1, -0.05) is 18.3 Å². The number of thiazole rings is 1. The van der Waals surface area contributed by atoms with E-state index in [1.165, 1.54) is 6.07 Å². The van der Waals surface area contributed by atoms with E-state index in [1.807, 2.05) is 25.1 Å². The first-order chi connectivity index (χ1) is 12.9. The van der Waals surface area contributed by atoms with E-state index in [4.69, 9.17) is 0 Å². The summed E-state index contributed by atoms with van der Waals surface area (Å²) in [5.41, 5.74) is 2.69. The molecule has 2 heterocycles. The van der Waals surface area contributed by atoms with Crippen LogP contribution in [0.15, 0.2) is 40.3 Å². The molecule has 0 aliphatic carbocycles. The number of rotatable bonds is 3. The summed E-state index contributed by atoms with van der Waals surface area (Å²) < 4.78 is 4.12. The van der Waals surface area contributed by atoms with Crippen LogP contribution in [0.5, 0.6) is 11.5 Å². The topological polar surface area (TPSA) is 93.2 Å². The Labute approximate surface area is 163 Å². The van der Waals surface area contributed by atoms with Gasteiger partial charge in [0.25, 0.3) is 0 Å². The summed E-state index contributed by atoms with van der Waals surface area (Å²) in [7, 11) is 1.73. The Morgan fingerprint density at radius 2 is 1.93 bits per heavy atom. The van der Waals surface area contributed by atoms with E-state index in [1.54, 1.807) is 22.2 Å². The second-order valence-electron chi connectivity index (χ2n) is 6.09. The molecule has 0 aliphatic rings. The van der Waals surface area contributed by atoms with Crippen molar-refractivity contribution in [3.05, 3.63) is 45.6 Å². The molecule has 0 unspecified atom stereocenters. The minimum atomic E-state index is -0.0999. The third-order valence-corrected chi connectivity index (χ3v) is 5.78. The molecule has 138 valence electrons. The van der Waals surface area contributed by atoms with Gasteiger partial charge in [0.1, 0.15) is 11.5 Å². The lowest BCUT2D eigenvalue weighted by atomic mass is 10.1. The summed E-state index contributed by atoms with van der Waals surface area (Å²) >= 11 is 5.55. The number of benzene rings is 2. The van der Waals surface area contributed by atoms with Gasteiger partial charge in [-0.15, -0.1) is 22.8 Å². The standard InChI is InChI=1S/C18H16N4O3S2/c1-3-9-6-11(14(24)8-13(9)23)16-19-20-17(26)22(16)10-4-5-12-15(7-10)27-18(25)21(12)2/h4-8,23-24H,3H2,1-2H3,(H,20,26). The van der Waals surface area contributed by atoms with Crippen molar-refractivity contribution in [2.75, 3.05) is 0 Å². The predicted molar refractivity (Wildman–Crippen MR) is 107 cm³/mol. The highest BCUT2D eigenvalue weighted by molar-refractivity contribution is 7.80. The fourth-order valence-corrected chi connectivity index (χ4v) is 4.20. The van der Waals surface area contributed by atoms with E-state index in [9.17, 15) is 15.0 Å². The molecule has 0 saturated carbocycles. The molecule has 0 amide bonds. The Bertz CT molecular complexity index is 1240. The summed E-state index contributed by atoms with van der Waals surface area (Å²) in [6, 6.07) is 8.56. The third kappa shape index (κ3) is 2.79. The smallest absolute Gasteiger partial charge is 0.307 e. The highest BCUT2D eigenvalue weighted by Crippen LogP contribution is 2.36. The van der Waals surface area contributed by atoms with Gasteiger partial charge in [0.2, 0.25) is 0 Å². The van der Waals surface area contributed by atoms with Crippen molar-refractivity contribution in [2.24, 2.45) is 7.05 Å². The molecule has 2 N–H and O–H groups in total. The molecule has 7 nitrogen and oxygen atoms in total. The van der Waals surface area contributed by atoms with Crippen LogP contribution < -0.4 is 4.87 Å². The highest BCUT2D eigenvalue weighted by atomic mass is 32.1. The van der Waals surface area contributed by atoms with Crippen LogP contribution in [0.25, 0.3) is 27.3 Å². The minimum absolute atomic E-state index is 0.0337. The van der Waals surface area contributed by atoms with Gasteiger partial charge in [-0.25, -0.2) is 0 Å². The summed E-state index contributed by atoms with van der Waals surface area (Å²) in [6.45, 7) is 1.91. The lowest BCUT2D eigenvalue weighted by molar-refractivity contribution is 0.447. The van der Waals surface area contributed by atoms with Gasteiger partial charge < -0.3 is 14.8 Å². The largest absolute Gasteiger partial charge is 0.508 e. The molecule has 0 spiro atoms. The van der Waals surface area contributed by atoms with Gasteiger partial charge in [0.05, 0.1) is 21.5 Å². The third-order valence-electron chi connectivity index (χ3n) is 4.50. The van der Waals surface area contributed by atoms with E-state index in [0.29, 0.717) is 28.5 Å². The van der Waals surface area contributed by atoms with Crippen molar-refractivity contribution in [1.29, 1.82) is 0 Å². The van der Waals surface area contributed by atoms with Gasteiger partial charge in [-0.2, -0.15) is 0 Å². The fourth-order valence-electron chi connectivity index (χ4n) is 3.03. The van der Waals surface area contributed by atoms with Crippen molar-refractivity contribution >= 4 is 34.2 Å². The molecule has 27 heavy (non-hydrogen) atoms. The lowest BCUT2D eigenvalue weighted by Crippen LogP contribution is -2.06. The number of aromatic hydroxyl groups is 2. The number of nitrogens with zero attached hydrogens (tertiary/aromatic N) is 4. The highest BCUT2D eigenvalue weighted by Gasteiger charge is 2.19. The SMILES string of the molecule is CCc1cc(-c2nnc(S)n2-c2ccc3c(c2)sc(=O)n3C)c(O)cc1O. The van der Waals surface area contributed by atoms with Crippen molar-refractivity contribution in [1.82, 2.24) is 19.3 Å². The number of aryl methyl sites for hydroxylation is 2. The first-order valence-electron chi connectivity index (χ1n) is 8.20. The van der Waals surface area contributed by atoms with Gasteiger partial charge in [-0.05, 0) is 36.2 Å². The van der Waals surface area contributed by atoms with Crippen molar-refractivity contribution in [2.45, 2.75) is 18.5 Å². The minimum Gasteiger partial charge on any atom is -0.508 e. The number of phenolic OH excluding ortho intramolecular Hbond substituents is 2. The maximum Gasteiger partial charge on any atom is 0.307 e. The Balaban J connectivity index is 1.94. The van der Waals surface area contributed by atoms with Crippen LogP contribution in [0.2, 0.25) is 0 Å². The Morgan fingerprint density at radius 1 is 1.15 bits per heavy atom. The maximum atomic E-state index is 11.9. The van der Waals surface area contributed by atoms with E-state index in [-0.39, 0.29) is 16.4 Å². The van der Waals surface area contributed by atoms with Crippen LogP contribution in [-0.2, 0) is 13.5 Å². The Kier molecular flexibility index (Phi) is 4.20. The average Bonchev–Trinajstić information content (AvgIpc) is 3.15. The number of fused-ring (bicyclic) bond motifs is 1. The molecule has 4 aromatic rings. The summed E-state index contributed by atoms with van der Waals surface area (Å²) in [4.78, 5) is 11.9. The average molecular weight is 400 g/mol. The lowest BCUT2D eigenvalue weighted by Gasteiger charge is -2.12. The van der Waals surface area contributed by atoms with Gasteiger partial charge >= 0.3 is 4.87 Å². The number of aromatic nitrogens is 4. The van der Waals surface area contributed by atoms with Crippen LogP contribution in [0.4, 0.5) is 0 Å². The molecular weight excluding hydrogens is 384 g/mol. The second kappa shape index (κ2) is 6.43. The van der Waals surface area contributed by atoms with Crippen LogP contribution in [0.3, 0.4) is 0 Å². The number of hydrogen-bond acceptors (Lipinski definition) is 7. The van der Waals surface area contributed by atoms with E-state index in [0.717, 1.165) is 27.2 Å². The molecule has 4 rings (SSSR count). The second-order valence-corrected chi connectivity index (χ2v) is 7.48. The van der Waals surface area contributed by atoms with E-state index < -0.39 is 0 Å². The van der Waals surface area contributed by atoms with Crippen LogP contribution in [-0.4, -0.2) is 29.5 Å². The zero-order chi connectivity index (χ0) is 19.3. The number of phenols is 2. The predicted octanol–water partition coefficient (Wildman–Crippen LogP) is 3.11. The van der Waals surface area contributed by atoms with Crippen LogP contribution >= 0.6 is 24.0 Å². The van der Waals surface area contributed by atoms with Gasteiger partial charge in [0.15, 0.2) is 11.0 Å². The summed E-state index contributed by atoms with van der Waals surface area (Å²) in [5.74, 6) is 0.332. The van der Waals surface area contributed by atoms with Gasteiger partial charge in [0, 0.05) is 13.1 Å². The zero-order valence-electron chi connectivity index (χ0n) is 14.5. The van der Waals surface area contributed by atoms with Gasteiger partial charge in [-0.3, -0.25) is 9.36 Å². The van der Waals surface area contributed by atoms with Crippen molar-refractivity contribution < 1.29 is 10.2 Å². The molecule has 2 aromatic heterocycles. The molecule has 2 aromatic carbocycles.